The Kier molecular flexibility index (Phi) is 7.18. The van der Waals surface area contributed by atoms with Crippen LogP contribution < -0.4 is 11.1 Å². The summed E-state index contributed by atoms with van der Waals surface area (Å²) in [6, 6.07) is 4.41. The highest BCUT2D eigenvalue weighted by Crippen LogP contribution is 2.28. The Morgan fingerprint density at radius 2 is 2.24 bits per heavy atom. The number of nitro benzene ring substituents is 1. The summed E-state index contributed by atoms with van der Waals surface area (Å²) in [7, 11) is 0. The third-order valence-electron chi connectivity index (χ3n) is 3.16. The van der Waals surface area contributed by atoms with Crippen molar-refractivity contribution in [3.05, 3.63) is 33.9 Å². The number of rotatable bonds is 8. The molecule has 3 N–H and O–H groups in total. The number of nitrogens with one attached hydrogen (secondary N) is 1. The average molecular weight is 311 g/mol. The Hall–Kier alpha value is -1.60. The zero-order valence-corrected chi connectivity index (χ0v) is 13.1. The van der Waals surface area contributed by atoms with Crippen molar-refractivity contribution < 1.29 is 9.72 Å². The number of amides is 1. The van der Waals surface area contributed by atoms with Crippen LogP contribution in [0.4, 0.5) is 5.69 Å². The van der Waals surface area contributed by atoms with Gasteiger partial charge in [-0.05, 0) is 24.8 Å². The van der Waals surface area contributed by atoms with Gasteiger partial charge in [0.05, 0.1) is 9.82 Å². The molecule has 1 amide bonds. The summed E-state index contributed by atoms with van der Waals surface area (Å²) >= 11 is 1.28. The molecule has 0 aliphatic rings. The SMILES string of the molecule is CCCCC(CN)NC(=O)c1ccc(SC)c([N+](=O)[O-])c1. The van der Waals surface area contributed by atoms with Gasteiger partial charge in [-0.2, -0.15) is 0 Å². The fourth-order valence-electron chi connectivity index (χ4n) is 1.94. The molecule has 0 radical (unpaired) electrons. The Balaban J connectivity index is 2.87. The largest absolute Gasteiger partial charge is 0.348 e. The van der Waals surface area contributed by atoms with Crippen LogP contribution in [0.5, 0.6) is 0 Å². The van der Waals surface area contributed by atoms with Crippen molar-refractivity contribution in [3.63, 3.8) is 0 Å². The van der Waals surface area contributed by atoms with Crippen LogP contribution >= 0.6 is 11.8 Å². The minimum absolute atomic E-state index is 0.0481. The van der Waals surface area contributed by atoms with Gasteiger partial charge in [0.2, 0.25) is 0 Å². The summed E-state index contributed by atoms with van der Waals surface area (Å²) < 4.78 is 0. The van der Waals surface area contributed by atoms with Gasteiger partial charge in [0.1, 0.15) is 0 Å². The van der Waals surface area contributed by atoms with Gasteiger partial charge in [-0.15, -0.1) is 11.8 Å². The highest BCUT2D eigenvalue weighted by molar-refractivity contribution is 7.98. The average Bonchev–Trinajstić information content (AvgIpc) is 2.50. The lowest BCUT2D eigenvalue weighted by atomic mass is 10.1. The minimum atomic E-state index is -0.472. The Morgan fingerprint density at radius 1 is 1.52 bits per heavy atom. The van der Waals surface area contributed by atoms with E-state index in [2.05, 4.69) is 12.2 Å². The molecule has 1 unspecified atom stereocenters. The van der Waals surface area contributed by atoms with E-state index in [9.17, 15) is 14.9 Å². The van der Waals surface area contributed by atoms with Gasteiger partial charge in [-0.25, -0.2) is 0 Å². The van der Waals surface area contributed by atoms with E-state index in [0.717, 1.165) is 19.3 Å². The van der Waals surface area contributed by atoms with Gasteiger partial charge in [-0.3, -0.25) is 14.9 Å². The molecule has 21 heavy (non-hydrogen) atoms. The molecular weight excluding hydrogens is 290 g/mol. The Labute approximate surface area is 128 Å². The zero-order chi connectivity index (χ0) is 15.8. The molecule has 0 saturated carbocycles. The monoisotopic (exact) mass is 311 g/mol. The molecule has 1 aromatic carbocycles. The van der Waals surface area contributed by atoms with E-state index in [1.165, 1.54) is 17.8 Å². The first-order chi connectivity index (χ1) is 10.0. The van der Waals surface area contributed by atoms with E-state index >= 15 is 0 Å². The molecule has 0 fully saturated rings. The van der Waals surface area contributed by atoms with Crippen LogP contribution in [0.25, 0.3) is 0 Å². The van der Waals surface area contributed by atoms with Gasteiger partial charge in [0.15, 0.2) is 0 Å². The number of hydrogen-bond acceptors (Lipinski definition) is 5. The molecule has 0 heterocycles. The summed E-state index contributed by atoms with van der Waals surface area (Å²) in [5, 5.41) is 13.8. The molecule has 6 nitrogen and oxygen atoms in total. The zero-order valence-electron chi connectivity index (χ0n) is 12.3. The van der Waals surface area contributed by atoms with E-state index in [-0.39, 0.29) is 23.2 Å². The second-order valence-electron chi connectivity index (χ2n) is 4.69. The fraction of sp³-hybridized carbons (Fsp3) is 0.500. The van der Waals surface area contributed by atoms with Crippen LogP contribution in [0, 0.1) is 10.1 Å². The third kappa shape index (κ3) is 5.02. The van der Waals surface area contributed by atoms with E-state index in [4.69, 9.17) is 5.73 Å². The number of carbonyl (C=O) groups excluding carboxylic acids is 1. The maximum absolute atomic E-state index is 12.2. The number of hydrogen-bond donors (Lipinski definition) is 2. The predicted octanol–water partition coefficient (Wildman–Crippen LogP) is 2.56. The van der Waals surface area contributed by atoms with Crippen molar-refractivity contribution in [1.29, 1.82) is 0 Å². The number of thioether (sulfide) groups is 1. The van der Waals surface area contributed by atoms with E-state index in [0.29, 0.717) is 11.4 Å². The molecule has 0 bridgehead atoms. The third-order valence-corrected chi connectivity index (χ3v) is 3.95. The molecule has 116 valence electrons. The fourth-order valence-corrected chi connectivity index (χ4v) is 2.49. The lowest BCUT2D eigenvalue weighted by molar-refractivity contribution is -0.387. The molecule has 1 atom stereocenters. The number of benzene rings is 1. The minimum Gasteiger partial charge on any atom is -0.348 e. The predicted molar refractivity (Wildman–Crippen MR) is 84.7 cm³/mol. The maximum Gasteiger partial charge on any atom is 0.283 e. The number of nitrogens with two attached hydrogens (primary N) is 1. The van der Waals surface area contributed by atoms with Crippen LogP contribution in [-0.2, 0) is 0 Å². The van der Waals surface area contributed by atoms with Crippen LogP contribution in [0.1, 0.15) is 36.5 Å². The highest BCUT2D eigenvalue weighted by Gasteiger charge is 2.18. The number of nitro groups is 1. The summed E-state index contributed by atoms with van der Waals surface area (Å²) in [4.78, 5) is 23.2. The normalized spacial score (nSPS) is 12.0. The second-order valence-corrected chi connectivity index (χ2v) is 5.54. The van der Waals surface area contributed by atoms with Crippen molar-refractivity contribution in [2.75, 3.05) is 12.8 Å². The van der Waals surface area contributed by atoms with Crippen molar-refractivity contribution >= 4 is 23.4 Å². The van der Waals surface area contributed by atoms with Gasteiger partial charge in [0, 0.05) is 24.2 Å². The lowest BCUT2D eigenvalue weighted by Crippen LogP contribution is -2.40. The molecule has 7 heteroatoms. The summed E-state index contributed by atoms with van der Waals surface area (Å²) in [5.41, 5.74) is 5.88. The molecule has 0 spiro atoms. The molecule has 0 aliphatic carbocycles. The highest BCUT2D eigenvalue weighted by atomic mass is 32.2. The molecule has 0 saturated heterocycles. The van der Waals surface area contributed by atoms with Crippen molar-refractivity contribution in [3.8, 4) is 0 Å². The van der Waals surface area contributed by atoms with Crippen LogP contribution in [0.15, 0.2) is 23.1 Å². The first-order valence-electron chi connectivity index (χ1n) is 6.86. The smallest absolute Gasteiger partial charge is 0.283 e. The van der Waals surface area contributed by atoms with Gasteiger partial charge < -0.3 is 11.1 Å². The summed E-state index contributed by atoms with van der Waals surface area (Å²) in [6.07, 6.45) is 4.58. The molecule has 0 aliphatic heterocycles. The van der Waals surface area contributed by atoms with E-state index in [1.54, 1.807) is 18.4 Å². The van der Waals surface area contributed by atoms with Gasteiger partial charge >= 0.3 is 0 Å². The summed E-state index contributed by atoms with van der Waals surface area (Å²) in [5.74, 6) is -0.322. The summed E-state index contributed by atoms with van der Waals surface area (Å²) in [6.45, 7) is 2.43. The van der Waals surface area contributed by atoms with E-state index in [1.807, 2.05) is 0 Å². The number of unbranched alkanes of at least 4 members (excludes halogenated alkanes) is 1. The topological polar surface area (TPSA) is 98.3 Å². The van der Waals surface area contributed by atoms with Crippen LogP contribution in [0.2, 0.25) is 0 Å². The van der Waals surface area contributed by atoms with Crippen LogP contribution in [-0.4, -0.2) is 29.7 Å². The van der Waals surface area contributed by atoms with Crippen molar-refractivity contribution in [1.82, 2.24) is 5.32 Å². The van der Waals surface area contributed by atoms with Gasteiger partial charge in [0.25, 0.3) is 11.6 Å². The lowest BCUT2D eigenvalue weighted by Gasteiger charge is -2.16. The standard InChI is InChI=1S/C14H21N3O3S/c1-3-4-5-11(9-15)16-14(18)10-6-7-13(21-2)12(8-10)17(19)20/h6-8,11H,3-5,9,15H2,1-2H3,(H,16,18). The Morgan fingerprint density at radius 3 is 2.76 bits per heavy atom. The Bertz CT molecular complexity index is 508. The first-order valence-corrected chi connectivity index (χ1v) is 8.09. The maximum atomic E-state index is 12.2. The van der Waals surface area contributed by atoms with Crippen molar-refractivity contribution in [2.24, 2.45) is 5.73 Å². The van der Waals surface area contributed by atoms with Gasteiger partial charge in [-0.1, -0.05) is 19.8 Å². The molecule has 1 aromatic rings. The second kappa shape index (κ2) is 8.63. The molecular formula is C14H21N3O3S. The number of nitrogens with zero attached hydrogens (tertiary/aromatic N) is 1. The molecule has 1 rings (SSSR count). The van der Waals surface area contributed by atoms with Crippen LogP contribution in [0.3, 0.4) is 0 Å². The molecule has 0 aromatic heterocycles. The quantitative estimate of drug-likeness (QED) is 0.437. The number of carbonyl (C=O) groups is 1. The first kappa shape index (κ1) is 17.5. The van der Waals surface area contributed by atoms with E-state index < -0.39 is 4.92 Å². The van der Waals surface area contributed by atoms with Crippen molar-refractivity contribution in [2.45, 2.75) is 37.1 Å².